The highest BCUT2D eigenvalue weighted by atomic mass is 16.4. The summed E-state index contributed by atoms with van der Waals surface area (Å²) in [5.74, 6) is 2.38. The fraction of sp³-hybridized carbons (Fsp3) is 0.471. The first-order valence-electron chi connectivity index (χ1n) is 8.30. The number of piperidine rings is 1. The van der Waals surface area contributed by atoms with Crippen LogP contribution < -0.4 is 4.90 Å². The lowest BCUT2D eigenvalue weighted by atomic mass is 9.98. The lowest BCUT2D eigenvalue weighted by Gasteiger charge is -2.29. The molecule has 23 heavy (non-hydrogen) atoms. The second-order valence-corrected chi connectivity index (χ2v) is 6.50. The predicted octanol–water partition coefficient (Wildman–Crippen LogP) is 3.47. The van der Waals surface area contributed by atoms with E-state index in [1.807, 2.05) is 24.3 Å². The van der Waals surface area contributed by atoms with Crippen LogP contribution in [0.15, 0.2) is 33.1 Å². The molecule has 6 nitrogen and oxygen atoms in total. The number of benzene rings is 1. The Hall–Kier alpha value is -2.37. The maximum absolute atomic E-state index is 5.94. The van der Waals surface area contributed by atoms with Crippen LogP contribution in [-0.4, -0.2) is 28.3 Å². The van der Waals surface area contributed by atoms with Crippen LogP contribution in [0.5, 0.6) is 0 Å². The molecule has 0 unspecified atom stereocenters. The van der Waals surface area contributed by atoms with Crippen molar-refractivity contribution in [3.63, 3.8) is 0 Å². The van der Waals surface area contributed by atoms with Crippen LogP contribution in [0.4, 0.5) is 6.01 Å². The normalized spacial score (nSPS) is 21.9. The zero-order chi connectivity index (χ0) is 15.2. The lowest BCUT2D eigenvalue weighted by Crippen LogP contribution is -2.34. The highest BCUT2D eigenvalue weighted by Gasteiger charge is 2.32. The van der Waals surface area contributed by atoms with E-state index in [0.29, 0.717) is 11.9 Å². The monoisotopic (exact) mass is 310 g/mol. The van der Waals surface area contributed by atoms with E-state index < -0.39 is 0 Å². The van der Waals surface area contributed by atoms with E-state index in [9.17, 15) is 0 Å². The molecule has 0 radical (unpaired) electrons. The minimum Gasteiger partial charge on any atom is -0.440 e. The summed E-state index contributed by atoms with van der Waals surface area (Å²) < 4.78 is 11.8. The van der Waals surface area contributed by atoms with Crippen molar-refractivity contribution in [1.29, 1.82) is 0 Å². The second kappa shape index (κ2) is 5.08. The van der Waals surface area contributed by atoms with Gasteiger partial charge in [-0.2, -0.15) is 0 Å². The van der Waals surface area contributed by atoms with Crippen molar-refractivity contribution in [2.24, 2.45) is 0 Å². The van der Waals surface area contributed by atoms with E-state index in [4.69, 9.17) is 8.83 Å². The Morgan fingerprint density at radius 2 is 1.87 bits per heavy atom. The number of anilines is 1. The van der Waals surface area contributed by atoms with Gasteiger partial charge < -0.3 is 13.7 Å². The summed E-state index contributed by atoms with van der Waals surface area (Å²) in [6.45, 7) is 1.77. The Morgan fingerprint density at radius 3 is 2.74 bits per heavy atom. The van der Waals surface area contributed by atoms with E-state index in [2.05, 4.69) is 20.1 Å². The minimum atomic E-state index is 0.271. The van der Waals surface area contributed by atoms with Crippen LogP contribution in [-0.2, 0) is 0 Å². The Balaban J connectivity index is 1.38. The third-order valence-electron chi connectivity index (χ3n) is 4.71. The van der Waals surface area contributed by atoms with Gasteiger partial charge in [0.1, 0.15) is 5.52 Å². The van der Waals surface area contributed by atoms with Gasteiger partial charge >= 0.3 is 6.01 Å². The molecule has 5 rings (SSSR count). The summed E-state index contributed by atoms with van der Waals surface area (Å²) in [7, 11) is 0. The summed E-state index contributed by atoms with van der Waals surface area (Å²) >= 11 is 0. The second-order valence-electron chi connectivity index (χ2n) is 6.50. The van der Waals surface area contributed by atoms with Crippen LogP contribution in [0.1, 0.15) is 49.3 Å². The first-order valence-corrected chi connectivity index (χ1v) is 8.30. The van der Waals surface area contributed by atoms with Gasteiger partial charge in [-0.1, -0.05) is 17.2 Å². The topological polar surface area (TPSA) is 68.2 Å². The van der Waals surface area contributed by atoms with Crippen molar-refractivity contribution in [3.05, 3.63) is 36.0 Å². The molecule has 1 atom stereocenters. The van der Waals surface area contributed by atoms with E-state index in [-0.39, 0.29) is 5.92 Å². The van der Waals surface area contributed by atoms with Crippen molar-refractivity contribution in [3.8, 4) is 0 Å². The van der Waals surface area contributed by atoms with Gasteiger partial charge in [-0.3, -0.25) is 0 Å². The van der Waals surface area contributed by atoms with Gasteiger partial charge in [-0.05, 0) is 37.8 Å². The van der Waals surface area contributed by atoms with Crippen LogP contribution in [0, 0.1) is 0 Å². The quantitative estimate of drug-likeness (QED) is 0.738. The van der Waals surface area contributed by atoms with Crippen molar-refractivity contribution in [1.82, 2.24) is 15.2 Å². The molecule has 6 heteroatoms. The Morgan fingerprint density at radius 1 is 0.957 bits per heavy atom. The fourth-order valence-electron chi connectivity index (χ4n) is 3.27. The molecule has 2 aliphatic rings. The highest BCUT2D eigenvalue weighted by Crippen LogP contribution is 2.40. The molecular formula is C17H18N4O2. The van der Waals surface area contributed by atoms with Crippen LogP contribution in [0.25, 0.3) is 11.1 Å². The number of para-hydroxylation sites is 2. The molecule has 0 amide bonds. The zero-order valence-corrected chi connectivity index (χ0v) is 12.8. The highest BCUT2D eigenvalue weighted by molar-refractivity contribution is 5.72. The molecule has 1 aromatic carbocycles. The first kappa shape index (κ1) is 13.1. The third-order valence-corrected chi connectivity index (χ3v) is 4.71. The number of rotatable bonds is 3. The lowest BCUT2D eigenvalue weighted by molar-refractivity contribution is 0.393. The average molecular weight is 310 g/mol. The smallest absolute Gasteiger partial charge is 0.318 e. The van der Waals surface area contributed by atoms with Crippen LogP contribution in [0.2, 0.25) is 0 Å². The number of oxazole rings is 1. The zero-order valence-electron chi connectivity index (χ0n) is 12.8. The van der Waals surface area contributed by atoms with E-state index in [0.717, 1.165) is 48.8 Å². The number of hydrogen-bond acceptors (Lipinski definition) is 6. The standard InChI is InChI=1S/C17H18N4O2/c1-2-6-14-13(5-1)18-15(22-14)12-4-3-9-21(10-12)17-20-19-16(23-17)11-7-8-11/h1-2,5-6,11-12H,3-4,7-10H2/t12-/m1/s1. The Bertz CT molecular complexity index is 803. The van der Waals surface area contributed by atoms with Gasteiger partial charge in [0.15, 0.2) is 11.5 Å². The molecule has 2 fully saturated rings. The van der Waals surface area contributed by atoms with Crippen LogP contribution >= 0.6 is 0 Å². The van der Waals surface area contributed by atoms with E-state index >= 15 is 0 Å². The molecule has 1 aliphatic heterocycles. The molecular weight excluding hydrogens is 292 g/mol. The predicted molar refractivity (Wildman–Crippen MR) is 84.5 cm³/mol. The van der Waals surface area contributed by atoms with Crippen LogP contribution in [0.3, 0.4) is 0 Å². The van der Waals surface area contributed by atoms with E-state index in [1.54, 1.807) is 0 Å². The van der Waals surface area contributed by atoms with Gasteiger partial charge in [0.25, 0.3) is 0 Å². The van der Waals surface area contributed by atoms with E-state index in [1.165, 1.54) is 12.8 Å². The van der Waals surface area contributed by atoms with Gasteiger partial charge in [0.2, 0.25) is 5.89 Å². The molecule has 0 spiro atoms. The summed E-state index contributed by atoms with van der Waals surface area (Å²) in [6, 6.07) is 8.56. The van der Waals surface area contributed by atoms with Crippen molar-refractivity contribution in [2.75, 3.05) is 18.0 Å². The Labute approximate surface area is 133 Å². The number of aromatic nitrogens is 3. The van der Waals surface area contributed by atoms with Gasteiger partial charge in [0.05, 0.1) is 5.92 Å². The Kier molecular flexibility index (Phi) is 2.89. The summed E-state index contributed by atoms with van der Waals surface area (Å²) in [6.07, 6.45) is 4.50. The number of hydrogen-bond donors (Lipinski definition) is 0. The molecule has 3 heterocycles. The molecule has 0 bridgehead atoms. The SMILES string of the molecule is c1ccc2oc([C@@H]3CCCN(c4nnc(C5CC5)o4)C3)nc2c1. The van der Waals surface area contributed by atoms with Crippen molar-refractivity contribution < 1.29 is 8.83 Å². The fourth-order valence-corrected chi connectivity index (χ4v) is 3.27. The molecule has 3 aromatic rings. The van der Waals surface area contributed by atoms with Gasteiger partial charge in [-0.15, -0.1) is 5.10 Å². The van der Waals surface area contributed by atoms with Gasteiger partial charge in [0, 0.05) is 19.0 Å². The summed E-state index contributed by atoms with van der Waals surface area (Å²) in [5, 5.41) is 8.42. The molecule has 1 aliphatic carbocycles. The first-order chi connectivity index (χ1) is 11.4. The summed E-state index contributed by atoms with van der Waals surface area (Å²) in [4.78, 5) is 6.82. The molecule has 118 valence electrons. The van der Waals surface area contributed by atoms with Crippen molar-refractivity contribution >= 4 is 17.1 Å². The molecule has 1 saturated carbocycles. The largest absolute Gasteiger partial charge is 0.440 e. The molecule has 0 N–H and O–H groups in total. The minimum absolute atomic E-state index is 0.271. The molecule has 2 aromatic heterocycles. The maximum atomic E-state index is 5.94. The van der Waals surface area contributed by atoms with Gasteiger partial charge in [-0.25, -0.2) is 4.98 Å². The summed E-state index contributed by atoms with van der Waals surface area (Å²) in [5.41, 5.74) is 1.78. The average Bonchev–Trinajstić information content (AvgIpc) is 3.17. The number of fused-ring (bicyclic) bond motifs is 1. The third kappa shape index (κ3) is 2.38. The molecule has 1 saturated heterocycles. The number of nitrogens with zero attached hydrogens (tertiary/aromatic N) is 4. The maximum Gasteiger partial charge on any atom is 0.318 e. The van der Waals surface area contributed by atoms with Crippen molar-refractivity contribution in [2.45, 2.75) is 37.5 Å².